The van der Waals surface area contributed by atoms with Gasteiger partial charge < -0.3 is 15.0 Å². The van der Waals surface area contributed by atoms with Gasteiger partial charge in [-0.25, -0.2) is 0 Å². The third kappa shape index (κ3) is 8.70. The van der Waals surface area contributed by atoms with E-state index >= 15 is 0 Å². The molecule has 3 aromatic carbocycles. The predicted molar refractivity (Wildman–Crippen MR) is 176 cm³/mol. The highest BCUT2D eigenvalue weighted by Gasteiger charge is 2.20. The molecule has 0 saturated carbocycles. The van der Waals surface area contributed by atoms with Crippen LogP contribution in [-0.2, 0) is 24.2 Å². The zero-order valence-corrected chi connectivity index (χ0v) is 26.4. The Morgan fingerprint density at radius 1 is 0.721 bits per heavy atom. The summed E-state index contributed by atoms with van der Waals surface area (Å²) < 4.78 is 1.82. The van der Waals surface area contributed by atoms with E-state index in [2.05, 4.69) is 81.5 Å². The summed E-state index contributed by atoms with van der Waals surface area (Å²) in [5.74, 6) is 0.448. The molecule has 4 rings (SSSR count). The zero-order valence-electron chi connectivity index (χ0n) is 26.4. The minimum atomic E-state index is -0.855. The van der Waals surface area contributed by atoms with Crippen molar-refractivity contribution in [3.05, 3.63) is 124 Å². The van der Waals surface area contributed by atoms with Gasteiger partial charge in [0, 0.05) is 35.8 Å². The molecule has 226 valence electrons. The molecule has 0 unspecified atom stereocenters. The summed E-state index contributed by atoms with van der Waals surface area (Å²) >= 11 is 0. The van der Waals surface area contributed by atoms with Crippen LogP contribution in [0.25, 0.3) is 0 Å². The smallest absolute Gasteiger partial charge is 0.305 e. The molecule has 0 bridgehead atoms. The predicted octanol–water partition coefficient (Wildman–Crippen LogP) is 8.92. The van der Waals surface area contributed by atoms with Gasteiger partial charge in [0.15, 0.2) is 5.78 Å². The molecule has 5 heteroatoms. The van der Waals surface area contributed by atoms with Crippen LogP contribution in [0.3, 0.4) is 0 Å². The highest BCUT2D eigenvalue weighted by atomic mass is 16.4. The monoisotopic (exact) mass is 578 g/mol. The molecule has 1 heterocycles. The minimum absolute atomic E-state index is 0.0162. The van der Waals surface area contributed by atoms with Crippen molar-refractivity contribution in [3.63, 3.8) is 0 Å². The van der Waals surface area contributed by atoms with Crippen molar-refractivity contribution in [1.29, 1.82) is 0 Å². The molecule has 5 nitrogen and oxygen atoms in total. The number of ketones is 1. The maximum atomic E-state index is 13.6. The number of carbonyl (C=O) groups is 2. The largest absolute Gasteiger partial charge is 0.481 e. The summed E-state index contributed by atoms with van der Waals surface area (Å²) in [6, 6.07) is 25.4. The maximum absolute atomic E-state index is 13.6. The summed E-state index contributed by atoms with van der Waals surface area (Å²) in [7, 11) is 0. The van der Waals surface area contributed by atoms with Crippen molar-refractivity contribution >= 4 is 17.4 Å². The van der Waals surface area contributed by atoms with Gasteiger partial charge in [-0.15, -0.1) is 0 Å². The van der Waals surface area contributed by atoms with Crippen molar-refractivity contribution in [2.75, 3.05) is 5.32 Å². The Balaban J connectivity index is 1.59. The molecule has 0 aliphatic rings. The Labute approximate surface area is 257 Å². The molecule has 0 amide bonds. The number of rotatable bonds is 14. The first-order chi connectivity index (χ1) is 20.5. The minimum Gasteiger partial charge on any atom is -0.481 e. The van der Waals surface area contributed by atoms with Crippen LogP contribution >= 0.6 is 0 Å². The number of carboxylic acids is 1. The standard InChI is InChI=1S/C38H46N2O3/c1-25(2)21-28-7-11-30(12-8-28)37(31-13-9-29(10-14-31)22-26(3)4)39-33-17-15-32(16-18-33)38(43)35-24-40(20-19-36(41)42)23-34(35)27(5)6/h7-18,23-27,37,39H,19-22H2,1-6H3,(H,41,42). The van der Waals surface area contributed by atoms with Crippen molar-refractivity contribution in [1.82, 2.24) is 4.57 Å². The normalized spacial score (nSPS) is 11.6. The molecule has 0 radical (unpaired) electrons. The van der Waals surface area contributed by atoms with Gasteiger partial charge in [0.2, 0.25) is 0 Å². The first-order valence-corrected chi connectivity index (χ1v) is 15.5. The van der Waals surface area contributed by atoms with Crippen molar-refractivity contribution in [2.45, 2.75) is 79.3 Å². The van der Waals surface area contributed by atoms with E-state index in [1.165, 1.54) is 22.3 Å². The van der Waals surface area contributed by atoms with E-state index in [1.807, 2.05) is 48.9 Å². The number of aryl methyl sites for hydroxylation is 1. The fourth-order valence-corrected chi connectivity index (χ4v) is 5.56. The van der Waals surface area contributed by atoms with Gasteiger partial charge in [-0.3, -0.25) is 9.59 Å². The lowest BCUT2D eigenvalue weighted by Gasteiger charge is -2.22. The fraction of sp³-hybridized carbons (Fsp3) is 0.368. The summed E-state index contributed by atoms with van der Waals surface area (Å²) in [6.07, 6.45) is 5.82. The average molecular weight is 579 g/mol. The second-order valence-electron chi connectivity index (χ2n) is 12.8. The Bertz CT molecular complexity index is 1440. The molecule has 0 saturated heterocycles. The second kappa shape index (κ2) is 14.4. The number of nitrogens with zero attached hydrogens (tertiary/aromatic N) is 1. The quantitative estimate of drug-likeness (QED) is 0.147. The lowest BCUT2D eigenvalue weighted by atomic mass is 9.93. The van der Waals surface area contributed by atoms with Crippen molar-refractivity contribution < 1.29 is 14.7 Å². The van der Waals surface area contributed by atoms with Crippen molar-refractivity contribution in [2.24, 2.45) is 11.8 Å². The molecule has 0 fully saturated rings. The summed E-state index contributed by atoms with van der Waals surface area (Å²) in [5, 5.41) is 12.8. The summed E-state index contributed by atoms with van der Waals surface area (Å²) in [4.78, 5) is 24.6. The van der Waals surface area contributed by atoms with Gasteiger partial charge in [0.1, 0.15) is 0 Å². The third-order valence-electron chi connectivity index (χ3n) is 7.73. The van der Waals surface area contributed by atoms with Gasteiger partial charge in [0.05, 0.1) is 12.5 Å². The van der Waals surface area contributed by atoms with Crippen molar-refractivity contribution in [3.8, 4) is 0 Å². The molecule has 0 atom stereocenters. The summed E-state index contributed by atoms with van der Waals surface area (Å²) in [6.45, 7) is 13.4. The number of aliphatic carboxylic acids is 1. The number of carbonyl (C=O) groups excluding carboxylic acids is 1. The van der Waals surface area contributed by atoms with E-state index in [0.29, 0.717) is 29.5 Å². The zero-order chi connectivity index (χ0) is 31.1. The van der Waals surface area contributed by atoms with Gasteiger partial charge in [-0.1, -0.05) is 90.1 Å². The number of aromatic nitrogens is 1. The molecular weight excluding hydrogens is 532 g/mol. The Morgan fingerprint density at radius 2 is 1.23 bits per heavy atom. The van der Waals surface area contributed by atoms with E-state index in [0.717, 1.165) is 24.1 Å². The lowest BCUT2D eigenvalue weighted by molar-refractivity contribution is -0.137. The molecular formula is C38H46N2O3. The first-order valence-electron chi connectivity index (χ1n) is 15.5. The van der Waals surface area contributed by atoms with Crippen LogP contribution in [0.5, 0.6) is 0 Å². The molecule has 4 aromatic rings. The van der Waals surface area contributed by atoms with Crippen LogP contribution in [0.15, 0.2) is 85.2 Å². The van der Waals surface area contributed by atoms with Gasteiger partial charge in [0.25, 0.3) is 0 Å². The van der Waals surface area contributed by atoms with Crippen LogP contribution in [0, 0.1) is 11.8 Å². The van der Waals surface area contributed by atoms with Crippen LogP contribution in [0.4, 0.5) is 5.69 Å². The number of carboxylic acid groups (broad SMARTS) is 1. The number of hydrogen-bond donors (Lipinski definition) is 2. The van der Waals surface area contributed by atoms with Crippen LogP contribution in [-0.4, -0.2) is 21.4 Å². The Morgan fingerprint density at radius 3 is 1.67 bits per heavy atom. The second-order valence-corrected chi connectivity index (χ2v) is 12.8. The SMILES string of the molecule is CC(C)Cc1ccc(C(Nc2ccc(C(=O)c3cn(CCC(=O)O)cc3C(C)C)cc2)c2ccc(CC(C)C)cc2)cc1. The highest BCUT2D eigenvalue weighted by Crippen LogP contribution is 2.29. The van der Waals surface area contributed by atoms with Gasteiger partial charge in [-0.2, -0.15) is 0 Å². The van der Waals surface area contributed by atoms with E-state index in [-0.39, 0.29) is 24.2 Å². The van der Waals surface area contributed by atoms with Gasteiger partial charge >= 0.3 is 5.97 Å². The van der Waals surface area contributed by atoms with E-state index in [4.69, 9.17) is 5.11 Å². The molecule has 0 aliphatic carbocycles. The van der Waals surface area contributed by atoms with E-state index in [1.54, 1.807) is 6.20 Å². The summed E-state index contributed by atoms with van der Waals surface area (Å²) in [5.41, 5.74) is 8.15. The van der Waals surface area contributed by atoms with Crippen LogP contribution < -0.4 is 5.32 Å². The molecule has 2 N–H and O–H groups in total. The molecule has 43 heavy (non-hydrogen) atoms. The maximum Gasteiger partial charge on any atom is 0.305 e. The lowest BCUT2D eigenvalue weighted by Crippen LogP contribution is -2.13. The first kappa shape index (κ1) is 31.8. The third-order valence-corrected chi connectivity index (χ3v) is 7.73. The van der Waals surface area contributed by atoms with E-state index < -0.39 is 5.97 Å². The number of nitrogens with one attached hydrogen (secondary N) is 1. The molecule has 0 spiro atoms. The van der Waals surface area contributed by atoms with E-state index in [9.17, 15) is 9.59 Å². The van der Waals surface area contributed by atoms with Crippen LogP contribution in [0.2, 0.25) is 0 Å². The average Bonchev–Trinajstić information content (AvgIpc) is 3.40. The molecule has 1 aromatic heterocycles. The highest BCUT2D eigenvalue weighted by molar-refractivity contribution is 6.10. The van der Waals surface area contributed by atoms with Crippen LogP contribution in [0.1, 0.15) is 104 Å². The number of hydrogen-bond acceptors (Lipinski definition) is 3. The Hall–Kier alpha value is -4.12. The fourth-order valence-electron chi connectivity index (χ4n) is 5.56. The molecule has 0 aliphatic heterocycles. The number of anilines is 1. The Kier molecular flexibility index (Phi) is 10.6. The van der Waals surface area contributed by atoms with Gasteiger partial charge in [-0.05, 0) is 82.7 Å². The topological polar surface area (TPSA) is 71.3 Å². The number of benzene rings is 3.